The van der Waals surface area contributed by atoms with Crippen molar-refractivity contribution in [1.29, 1.82) is 0 Å². The van der Waals surface area contributed by atoms with Crippen LogP contribution >= 0.6 is 0 Å². The molecule has 0 saturated carbocycles. The Kier molecular flexibility index (Phi) is 7.49. The molecule has 0 aromatic carbocycles. The average Bonchev–Trinajstić information content (AvgIpc) is 2.23. The lowest BCUT2D eigenvalue weighted by molar-refractivity contribution is -0.130. The topological polar surface area (TPSA) is 79.5 Å². The summed E-state index contributed by atoms with van der Waals surface area (Å²) in [6.45, 7) is 6.77. The van der Waals surface area contributed by atoms with Gasteiger partial charge in [0.25, 0.3) is 5.91 Å². The van der Waals surface area contributed by atoms with Crippen LogP contribution in [0, 0.1) is 0 Å². The van der Waals surface area contributed by atoms with Crippen LogP contribution in [-0.4, -0.2) is 44.3 Å². The molecular formula is C10H21N3O3. The molecule has 0 aliphatic heterocycles. The number of urea groups is 1. The van der Waals surface area contributed by atoms with Crippen LogP contribution in [0.5, 0.6) is 0 Å². The van der Waals surface area contributed by atoms with Crippen LogP contribution < -0.4 is 16.0 Å². The minimum atomic E-state index is -0.633. The second-order valence-electron chi connectivity index (χ2n) is 3.69. The molecule has 0 fully saturated rings. The number of imide groups is 1. The molecule has 3 amide bonds. The van der Waals surface area contributed by atoms with E-state index in [4.69, 9.17) is 4.74 Å². The molecule has 6 heteroatoms. The Hall–Kier alpha value is -1.14. The van der Waals surface area contributed by atoms with E-state index in [-0.39, 0.29) is 0 Å². The average molecular weight is 231 g/mol. The minimum absolute atomic E-state index is 0.388. The molecule has 0 bridgehead atoms. The van der Waals surface area contributed by atoms with Crippen LogP contribution in [0.2, 0.25) is 0 Å². The highest BCUT2D eigenvalue weighted by Crippen LogP contribution is 1.90. The van der Waals surface area contributed by atoms with E-state index in [2.05, 4.69) is 16.0 Å². The molecule has 0 rings (SSSR count). The lowest BCUT2D eigenvalue weighted by Crippen LogP contribution is -2.43. The van der Waals surface area contributed by atoms with Crippen LogP contribution in [0.15, 0.2) is 0 Å². The van der Waals surface area contributed by atoms with Crippen molar-refractivity contribution < 1.29 is 14.3 Å². The van der Waals surface area contributed by atoms with Gasteiger partial charge in [0, 0.05) is 19.6 Å². The van der Waals surface area contributed by atoms with Crippen LogP contribution in [-0.2, 0) is 9.53 Å². The second-order valence-corrected chi connectivity index (χ2v) is 3.69. The Morgan fingerprint density at radius 2 is 1.88 bits per heavy atom. The van der Waals surface area contributed by atoms with Crippen molar-refractivity contribution >= 4 is 11.9 Å². The number of ether oxygens (including phenoxy) is 1. The number of carbonyl (C=O) groups excluding carboxylic acids is 2. The van der Waals surface area contributed by atoms with Gasteiger partial charge in [-0.1, -0.05) is 13.8 Å². The first-order valence-electron chi connectivity index (χ1n) is 5.35. The zero-order valence-electron chi connectivity index (χ0n) is 10.3. The molecule has 1 atom stereocenters. The molecule has 3 N–H and O–H groups in total. The van der Waals surface area contributed by atoms with Gasteiger partial charge < -0.3 is 15.4 Å². The molecule has 0 heterocycles. The van der Waals surface area contributed by atoms with Gasteiger partial charge in [0.15, 0.2) is 0 Å². The first-order chi connectivity index (χ1) is 7.47. The number of hydrogen-bond acceptors (Lipinski definition) is 4. The van der Waals surface area contributed by atoms with Crippen molar-refractivity contribution in [3.63, 3.8) is 0 Å². The van der Waals surface area contributed by atoms with E-state index in [0.717, 1.165) is 0 Å². The van der Waals surface area contributed by atoms with E-state index < -0.39 is 18.0 Å². The van der Waals surface area contributed by atoms with Crippen LogP contribution in [0.3, 0.4) is 0 Å². The summed E-state index contributed by atoms with van der Waals surface area (Å²) in [7, 11) is 1.45. The summed E-state index contributed by atoms with van der Waals surface area (Å²) in [6, 6.07) is -0.139. The predicted octanol–water partition coefficient (Wildman–Crippen LogP) is -0.155. The van der Waals surface area contributed by atoms with E-state index >= 15 is 0 Å². The Morgan fingerprint density at radius 1 is 1.25 bits per heavy atom. The van der Waals surface area contributed by atoms with Gasteiger partial charge in [-0.25, -0.2) is 4.79 Å². The minimum Gasteiger partial charge on any atom is -0.367 e. The molecule has 0 radical (unpaired) electrons. The summed E-state index contributed by atoms with van der Waals surface area (Å²) in [5, 5.41) is 7.59. The highest BCUT2D eigenvalue weighted by molar-refractivity contribution is 5.96. The third kappa shape index (κ3) is 7.19. The van der Waals surface area contributed by atoms with Crippen LogP contribution in [0.4, 0.5) is 4.79 Å². The van der Waals surface area contributed by atoms with E-state index in [1.54, 1.807) is 6.92 Å². The van der Waals surface area contributed by atoms with Crippen molar-refractivity contribution in [2.24, 2.45) is 0 Å². The van der Waals surface area contributed by atoms with Crippen molar-refractivity contribution in [3.8, 4) is 0 Å². The van der Waals surface area contributed by atoms with Gasteiger partial charge in [-0.05, 0) is 6.92 Å². The number of amides is 3. The summed E-state index contributed by atoms with van der Waals surface area (Å²) in [5.74, 6) is -0.441. The molecule has 0 aliphatic carbocycles. The predicted molar refractivity (Wildman–Crippen MR) is 61.2 cm³/mol. The van der Waals surface area contributed by atoms with Gasteiger partial charge >= 0.3 is 6.03 Å². The molecule has 0 aromatic rings. The molecule has 0 aliphatic rings. The number of carbonyl (C=O) groups is 2. The van der Waals surface area contributed by atoms with E-state index in [9.17, 15) is 9.59 Å². The number of rotatable bonds is 6. The van der Waals surface area contributed by atoms with Crippen molar-refractivity contribution in [3.05, 3.63) is 0 Å². The summed E-state index contributed by atoms with van der Waals surface area (Å²) in [6.07, 6.45) is -0.633. The summed E-state index contributed by atoms with van der Waals surface area (Å²) in [5.41, 5.74) is 0. The van der Waals surface area contributed by atoms with Crippen molar-refractivity contribution in [2.45, 2.75) is 32.9 Å². The Bertz CT molecular complexity index is 231. The lowest BCUT2D eigenvalue weighted by atomic mass is 10.3. The van der Waals surface area contributed by atoms with E-state index in [0.29, 0.717) is 19.2 Å². The smallest absolute Gasteiger partial charge is 0.321 e. The summed E-state index contributed by atoms with van der Waals surface area (Å²) >= 11 is 0. The molecule has 1 unspecified atom stereocenters. The molecule has 0 aromatic heterocycles. The van der Waals surface area contributed by atoms with Crippen LogP contribution in [0.1, 0.15) is 20.8 Å². The van der Waals surface area contributed by atoms with Gasteiger partial charge in [0.05, 0.1) is 6.61 Å². The van der Waals surface area contributed by atoms with Crippen LogP contribution in [0.25, 0.3) is 0 Å². The fourth-order valence-electron chi connectivity index (χ4n) is 0.935. The molecule has 94 valence electrons. The maximum absolute atomic E-state index is 11.3. The number of nitrogens with one attached hydrogen (secondary N) is 3. The third-order valence-electron chi connectivity index (χ3n) is 1.86. The third-order valence-corrected chi connectivity index (χ3v) is 1.86. The fraction of sp³-hybridized carbons (Fsp3) is 0.800. The molecule has 0 spiro atoms. The number of hydrogen-bond donors (Lipinski definition) is 3. The monoisotopic (exact) mass is 231 g/mol. The molecule has 16 heavy (non-hydrogen) atoms. The standard InChI is InChI=1S/C10H21N3O3/c1-7(2)12-5-6-16-8(3)9(14)13-10(15)11-4/h7-8,12H,5-6H2,1-4H3,(H2,11,13,14,15). The maximum atomic E-state index is 11.3. The lowest BCUT2D eigenvalue weighted by Gasteiger charge is -2.13. The first kappa shape index (κ1) is 14.9. The maximum Gasteiger partial charge on any atom is 0.321 e. The molecule has 0 saturated heterocycles. The van der Waals surface area contributed by atoms with Crippen molar-refractivity contribution in [2.75, 3.05) is 20.2 Å². The second kappa shape index (κ2) is 8.06. The first-order valence-corrected chi connectivity index (χ1v) is 5.35. The molecular weight excluding hydrogens is 210 g/mol. The fourth-order valence-corrected chi connectivity index (χ4v) is 0.935. The Balaban J connectivity index is 3.67. The van der Waals surface area contributed by atoms with Gasteiger partial charge in [0.1, 0.15) is 6.10 Å². The highest BCUT2D eigenvalue weighted by Gasteiger charge is 2.15. The summed E-state index contributed by atoms with van der Waals surface area (Å²) in [4.78, 5) is 22.2. The highest BCUT2D eigenvalue weighted by atomic mass is 16.5. The van der Waals surface area contributed by atoms with Crippen molar-refractivity contribution in [1.82, 2.24) is 16.0 Å². The SMILES string of the molecule is CNC(=O)NC(=O)C(C)OCCNC(C)C. The normalized spacial score (nSPS) is 12.3. The van der Waals surface area contributed by atoms with Gasteiger partial charge in [-0.3, -0.25) is 10.1 Å². The van der Waals surface area contributed by atoms with E-state index in [1.165, 1.54) is 7.05 Å². The Morgan fingerprint density at radius 3 is 2.38 bits per heavy atom. The molecule has 6 nitrogen and oxygen atoms in total. The van der Waals surface area contributed by atoms with E-state index in [1.807, 2.05) is 13.8 Å². The summed E-state index contributed by atoms with van der Waals surface area (Å²) < 4.78 is 5.25. The quantitative estimate of drug-likeness (QED) is 0.555. The van der Waals surface area contributed by atoms with Gasteiger partial charge in [-0.2, -0.15) is 0 Å². The zero-order chi connectivity index (χ0) is 12.6. The largest absolute Gasteiger partial charge is 0.367 e. The van der Waals surface area contributed by atoms with Gasteiger partial charge in [0.2, 0.25) is 0 Å². The Labute approximate surface area is 96.1 Å². The van der Waals surface area contributed by atoms with Gasteiger partial charge in [-0.15, -0.1) is 0 Å². The zero-order valence-corrected chi connectivity index (χ0v) is 10.3.